The number of carbonyl (C=O) groups excluding carboxylic acids is 3. The Hall–Kier alpha value is -4.01. The molecule has 0 aromatic carbocycles. The number of nitrogens with two attached hydrogens (primary N) is 1. The summed E-state index contributed by atoms with van der Waals surface area (Å²) in [5.74, 6) is -7.04. The van der Waals surface area contributed by atoms with Gasteiger partial charge in [0.15, 0.2) is 0 Å². The fraction of sp³-hybridized carbons (Fsp3) is 0.500. The number of carbonyl (C=O) groups is 6. The van der Waals surface area contributed by atoms with Crippen LogP contribution in [0, 0.1) is 0 Å². The molecule has 0 saturated carbocycles. The van der Waals surface area contributed by atoms with Gasteiger partial charge in [0.1, 0.15) is 18.1 Å². The van der Waals surface area contributed by atoms with Crippen LogP contribution in [0.2, 0.25) is 0 Å². The van der Waals surface area contributed by atoms with Crippen LogP contribution >= 0.6 is 0 Å². The summed E-state index contributed by atoms with van der Waals surface area (Å²) in [5.41, 5.74) is 6.36. The number of nitrogens with one attached hydrogen (secondary N) is 4. The molecule has 1 aromatic rings. The number of aliphatic carboxylic acids is 3. The molecule has 0 fully saturated rings. The molecule has 0 radical (unpaired) electrons. The van der Waals surface area contributed by atoms with Gasteiger partial charge < -0.3 is 42.0 Å². The zero-order valence-electron chi connectivity index (χ0n) is 17.6. The SMILES string of the molecule is CC(NC(=O)C(N)Cc1cnc[nH]1)C(=O)NC(CC(=O)O)C(=O)NC(CCC(=O)O)C(=O)O. The Morgan fingerprint density at radius 3 is 2.12 bits per heavy atom. The number of aromatic nitrogens is 2. The van der Waals surface area contributed by atoms with Crippen LogP contribution in [-0.2, 0) is 35.2 Å². The van der Waals surface area contributed by atoms with E-state index in [1.807, 2.05) is 5.32 Å². The highest BCUT2D eigenvalue weighted by molar-refractivity contribution is 5.95. The smallest absolute Gasteiger partial charge is 0.326 e. The minimum atomic E-state index is -1.68. The maximum Gasteiger partial charge on any atom is 0.326 e. The molecule has 1 heterocycles. The Labute approximate surface area is 187 Å². The van der Waals surface area contributed by atoms with Crippen molar-refractivity contribution in [3.8, 4) is 0 Å². The van der Waals surface area contributed by atoms with E-state index in [1.54, 1.807) is 0 Å². The molecule has 0 spiro atoms. The van der Waals surface area contributed by atoms with Crippen molar-refractivity contribution in [3.05, 3.63) is 18.2 Å². The third-order valence-corrected chi connectivity index (χ3v) is 4.36. The van der Waals surface area contributed by atoms with E-state index in [0.717, 1.165) is 0 Å². The maximum atomic E-state index is 12.4. The molecule has 0 aliphatic rings. The largest absolute Gasteiger partial charge is 0.481 e. The third kappa shape index (κ3) is 9.77. The van der Waals surface area contributed by atoms with Gasteiger partial charge in [-0.05, 0) is 13.3 Å². The van der Waals surface area contributed by atoms with E-state index in [0.29, 0.717) is 5.69 Å². The molecule has 4 unspecified atom stereocenters. The zero-order chi connectivity index (χ0) is 25.1. The Bertz CT molecular complexity index is 873. The van der Waals surface area contributed by atoms with Crippen molar-refractivity contribution in [2.75, 3.05) is 0 Å². The van der Waals surface area contributed by atoms with Crippen molar-refractivity contribution in [2.24, 2.45) is 5.73 Å². The fourth-order valence-electron chi connectivity index (χ4n) is 2.59. The number of rotatable bonds is 14. The van der Waals surface area contributed by atoms with Crippen molar-refractivity contribution in [2.45, 2.75) is 56.8 Å². The predicted molar refractivity (Wildman–Crippen MR) is 108 cm³/mol. The second-order valence-corrected chi connectivity index (χ2v) is 7.11. The summed E-state index contributed by atoms with van der Waals surface area (Å²) in [6, 6.07) is -5.53. The van der Waals surface area contributed by atoms with Crippen LogP contribution in [0.25, 0.3) is 0 Å². The second-order valence-electron chi connectivity index (χ2n) is 7.11. The van der Waals surface area contributed by atoms with E-state index < -0.39 is 79.1 Å². The first kappa shape index (κ1) is 27.0. The van der Waals surface area contributed by atoms with Gasteiger partial charge in [-0.2, -0.15) is 0 Å². The number of H-pyrrole nitrogens is 1. The second kappa shape index (κ2) is 12.7. The molecule has 4 atom stereocenters. The molecule has 0 bridgehead atoms. The number of aromatic amines is 1. The molecule has 15 heteroatoms. The van der Waals surface area contributed by atoms with Gasteiger partial charge in [0.25, 0.3) is 0 Å². The normalized spacial score (nSPS) is 14.2. The first-order valence-electron chi connectivity index (χ1n) is 9.71. The summed E-state index contributed by atoms with van der Waals surface area (Å²) in [5, 5.41) is 33.3. The Balaban J connectivity index is 2.74. The van der Waals surface area contributed by atoms with Gasteiger partial charge in [-0.15, -0.1) is 0 Å². The average Bonchev–Trinajstić information content (AvgIpc) is 3.22. The average molecular weight is 470 g/mol. The van der Waals surface area contributed by atoms with Gasteiger partial charge in [-0.3, -0.25) is 24.0 Å². The van der Waals surface area contributed by atoms with E-state index in [9.17, 15) is 28.8 Å². The van der Waals surface area contributed by atoms with E-state index in [-0.39, 0.29) is 6.42 Å². The number of imidazole rings is 1. The highest BCUT2D eigenvalue weighted by Gasteiger charge is 2.30. The van der Waals surface area contributed by atoms with Crippen LogP contribution in [0.15, 0.2) is 12.5 Å². The maximum absolute atomic E-state index is 12.4. The molecule has 1 aromatic heterocycles. The summed E-state index contributed by atoms with van der Waals surface area (Å²) in [6.45, 7) is 1.28. The lowest BCUT2D eigenvalue weighted by Gasteiger charge is -2.22. The van der Waals surface area contributed by atoms with Crippen molar-refractivity contribution in [1.29, 1.82) is 0 Å². The first-order valence-corrected chi connectivity index (χ1v) is 9.71. The molecule has 1 rings (SSSR count). The monoisotopic (exact) mass is 470 g/mol. The summed E-state index contributed by atoms with van der Waals surface area (Å²) >= 11 is 0. The van der Waals surface area contributed by atoms with Crippen molar-refractivity contribution in [1.82, 2.24) is 25.9 Å². The van der Waals surface area contributed by atoms with Crippen LogP contribution in [0.3, 0.4) is 0 Å². The van der Waals surface area contributed by atoms with Crippen LogP contribution in [0.4, 0.5) is 0 Å². The molecule has 0 aliphatic carbocycles. The minimum absolute atomic E-state index is 0.108. The van der Waals surface area contributed by atoms with Crippen LogP contribution in [0.1, 0.15) is 31.9 Å². The number of amides is 3. The van der Waals surface area contributed by atoms with Crippen molar-refractivity contribution < 1.29 is 44.1 Å². The predicted octanol–water partition coefficient (Wildman–Crippen LogP) is -2.82. The summed E-state index contributed by atoms with van der Waals surface area (Å²) in [4.78, 5) is 76.5. The summed E-state index contributed by atoms with van der Waals surface area (Å²) in [7, 11) is 0. The Morgan fingerprint density at radius 1 is 0.970 bits per heavy atom. The fourth-order valence-corrected chi connectivity index (χ4v) is 2.59. The van der Waals surface area contributed by atoms with Crippen molar-refractivity contribution in [3.63, 3.8) is 0 Å². The van der Waals surface area contributed by atoms with Gasteiger partial charge in [-0.1, -0.05) is 0 Å². The molecule has 182 valence electrons. The molecule has 3 amide bonds. The molecule has 0 saturated heterocycles. The van der Waals surface area contributed by atoms with Crippen LogP contribution in [-0.4, -0.2) is 85.1 Å². The lowest BCUT2D eigenvalue weighted by Crippen LogP contribution is -2.57. The van der Waals surface area contributed by atoms with E-state index in [4.69, 9.17) is 21.1 Å². The Kier molecular flexibility index (Phi) is 10.4. The van der Waals surface area contributed by atoms with Crippen LogP contribution < -0.4 is 21.7 Å². The molecular weight excluding hydrogens is 444 g/mol. The zero-order valence-corrected chi connectivity index (χ0v) is 17.6. The van der Waals surface area contributed by atoms with E-state index in [2.05, 4.69) is 20.6 Å². The number of carboxylic acids is 3. The van der Waals surface area contributed by atoms with Gasteiger partial charge in [0.05, 0.1) is 18.8 Å². The lowest BCUT2D eigenvalue weighted by atomic mass is 10.1. The number of nitrogens with zero attached hydrogens (tertiary/aromatic N) is 1. The molecular formula is C18H26N6O9. The van der Waals surface area contributed by atoms with Gasteiger partial charge in [0.2, 0.25) is 17.7 Å². The quantitative estimate of drug-likeness (QED) is 0.137. The van der Waals surface area contributed by atoms with E-state index in [1.165, 1.54) is 19.4 Å². The van der Waals surface area contributed by atoms with Gasteiger partial charge in [-0.25, -0.2) is 9.78 Å². The number of hydrogen-bond acceptors (Lipinski definition) is 8. The lowest BCUT2D eigenvalue weighted by molar-refractivity contribution is -0.144. The standard InChI is InChI=1S/C18H26N6O9/c1-8(22-16(30)10(19)4-9-6-20-7-21-9)15(29)24-12(5-14(27)28)17(31)23-11(18(32)33)2-3-13(25)26/h6-8,10-12H,2-5,19H2,1H3,(H,20,21)(H,22,30)(H,23,31)(H,24,29)(H,25,26)(H,27,28)(H,32,33). The summed E-state index contributed by atoms with van der Waals surface area (Å²) in [6.07, 6.45) is 1.08. The topological polar surface area (TPSA) is 254 Å². The first-order chi connectivity index (χ1) is 15.4. The third-order valence-electron chi connectivity index (χ3n) is 4.36. The molecule has 15 nitrogen and oxygen atoms in total. The summed E-state index contributed by atoms with van der Waals surface area (Å²) < 4.78 is 0. The molecule has 33 heavy (non-hydrogen) atoms. The number of carboxylic acid groups (broad SMARTS) is 3. The molecule has 9 N–H and O–H groups in total. The molecule has 0 aliphatic heterocycles. The van der Waals surface area contributed by atoms with Gasteiger partial charge in [0, 0.05) is 24.7 Å². The van der Waals surface area contributed by atoms with Gasteiger partial charge >= 0.3 is 17.9 Å². The van der Waals surface area contributed by atoms with Crippen molar-refractivity contribution >= 4 is 35.6 Å². The Morgan fingerprint density at radius 2 is 1.61 bits per heavy atom. The van der Waals surface area contributed by atoms with Crippen LogP contribution in [0.5, 0.6) is 0 Å². The highest BCUT2D eigenvalue weighted by atomic mass is 16.4. The van der Waals surface area contributed by atoms with E-state index >= 15 is 0 Å². The highest BCUT2D eigenvalue weighted by Crippen LogP contribution is 2.02. The number of hydrogen-bond donors (Lipinski definition) is 8. The minimum Gasteiger partial charge on any atom is -0.481 e.